The van der Waals surface area contributed by atoms with E-state index in [9.17, 15) is 10.2 Å². The van der Waals surface area contributed by atoms with Crippen LogP contribution in [0.25, 0.3) is 0 Å². The molecule has 4 nitrogen and oxygen atoms in total. The number of unbranched alkanes of at least 4 members (excludes halogenated alkanes) is 1. The van der Waals surface area contributed by atoms with Crippen LogP contribution in [-0.2, 0) is 10.8 Å². The predicted molar refractivity (Wildman–Crippen MR) is 206 cm³/mol. The Morgan fingerprint density at radius 3 is 1.70 bits per heavy atom. The molecule has 0 saturated carbocycles. The van der Waals surface area contributed by atoms with Crippen LogP contribution < -0.4 is 10.6 Å². The molecule has 7 heteroatoms. The second-order valence-electron chi connectivity index (χ2n) is 14.7. The number of aryl methyl sites for hydroxylation is 3. The minimum absolute atomic E-state index is 0.156. The maximum atomic E-state index is 12.2. The van der Waals surface area contributed by atoms with Gasteiger partial charge in [0, 0.05) is 50.6 Å². The number of aromatic hydroxyl groups is 2. The topological polar surface area (TPSA) is 65.2 Å². The highest BCUT2D eigenvalue weighted by Gasteiger charge is 2.36. The molecule has 2 N–H and O–H groups in total. The summed E-state index contributed by atoms with van der Waals surface area (Å²) >= 11 is 13.8. The van der Waals surface area contributed by atoms with Crippen molar-refractivity contribution in [2.75, 3.05) is 6.16 Å². The minimum atomic E-state index is -3.02. The van der Waals surface area contributed by atoms with Crippen LogP contribution in [0.1, 0.15) is 94.7 Å². The maximum absolute atomic E-state index is 12.2. The summed E-state index contributed by atoms with van der Waals surface area (Å²) in [6.07, 6.45) is 4.17. The predicted octanol–water partition coefficient (Wildman–Crippen LogP) is 12.0. The summed E-state index contributed by atoms with van der Waals surface area (Å²) in [4.78, 5) is 4.96. The molecule has 250 valence electrons. The quantitative estimate of drug-likeness (QED) is 0.143. The van der Waals surface area contributed by atoms with Crippen molar-refractivity contribution in [1.82, 2.24) is 0 Å². The summed E-state index contributed by atoms with van der Waals surface area (Å²) in [5.41, 5.74) is 6.57. The summed E-state index contributed by atoms with van der Waals surface area (Å²) in [5, 5.41) is 26.7. The van der Waals surface area contributed by atoms with Crippen molar-refractivity contribution >= 4 is 58.5 Å². The van der Waals surface area contributed by atoms with E-state index in [-0.39, 0.29) is 11.5 Å². The zero-order chi connectivity index (χ0) is 34.9. The number of hydrogen-bond acceptors (Lipinski definition) is 4. The fraction of sp³-hybridized carbons (Fsp3) is 0.375. The highest BCUT2D eigenvalue weighted by atomic mass is 35.5. The second kappa shape index (κ2) is 14.2. The molecule has 0 aromatic heterocycles. The largest absolute Gasteiger partial charge is 0.507 e. The van der Waals surface area contributed by atoms with Crippen LogP contribution in [0.5, 0.6) is 11.5 Å². The maximum Gasteiger partial charge on any atom is 0.128 e. The molecule has 0 aliphatic heterocycles. The third kappa shape index (κ3) is 7.99. The summed E-state index contributed by atoms with van der Waals surface area (Å²) in [6.45, 7) is 20.7. The Balaban J connectivity index is 2.19. The molecule has 0 fully saturated rings. The van der Waals surface area contributed by atoms with Gasteiger partial charge in [0.05, 0.1) is 11.4 Å². The molecule has 4 rings (SSSR count). The molecule has 47 heavy (non-hydrogen) atoms. The normalized spacial score (nSPS) is 12.6. The number of aliphatic imine (C=N–C) groups is 1. The molecule has 4 aromatic carbocycles. The number of phenolic OH excluding ortho intramolecular Hbond substituents is 2. The number of hydrogen-bond donors (Lipinski definition) is 2. The average Bonchev–Trinajstić information content (AvgIpc) is 2.96. The van der Waals surface area contributed by atoms with Crippen molar-refractivity contribution in [1.29, 1.82) is 0 Å². The van der Waals surface area contributed by atoms with Gasteiger partial charge in [-0.2, -0.15) is 0 Å². The van der Waals surface area contributed by atoms with Crippen LogP contribution in [0.15, 0.2) is 70.4 Å². The van der Waals surface area contributed by atoms with Gasteiger partial charge in [-0.3, -0.25) is 9.74 Å². The molecule has 0 aliphatic rings. The van der Waals surface area contributed by atoms with Crippen molar-refractivity contribution in [2.24, 2.45) is 9.74 Å². The van der Waals surface area contributed by atoms with Crippen molar-refractivity contribution in [3.8, 4) is 11.5 Å². The van der Waals surface area contributed by atoms with E-state index in [1.165, 1.54) is 5.56 Å². The molecule has 0 spiro atoms. The number of phenols is 2. The van der Waals surface area contributed by atoms with Gasteiger partial charge in [0.25, 0.3) is 0 Å². The zero-order valence-corrected chi connectivity index (χ0v) is 31.9. The van der Waals surface area contributed by atoms with E-state index in [1.54, 1.807) is 0 Å². The lowest BCUT2D eigenvalue weighted by molar-refractivity contribution is 0.450. The third-order valence-corrected chi connectivity index (χ3v) is 12.8. The molecule has 0 bridgehead atoms. The number of rotatable bonds is 8. The standard InChI is InChI=1S/C40H49Cl2N2O2P/c1-11-12-17-47(34-22-29(41)20-31(37(34)45)39(5,6)7,35-23-30(42)21-32(38(35)46)40(8,9)10)44-33-16-14-13-15-28(33)24-43-36-26(3)18-25(2)19-27(36)4/h13-16,18-24,45-46H,11-12,17H2,1-10H3. The first kappa shape index (κ1) is 36.8. The monoisotopic (exact) mass is 690 g/mol. The summed E-state index contributed by atoms with van der Waals surface area (Å²) in [6, 6.07) is 19.6. The number of benzene rings is 4. The van der Waals surface area contributed by atoms with Crippen molar-refractivity contribution in [3.63, 3.8) is 0 Å². The van der Waals surface area contributed by atoms with Crippen LogP contribution in [0, 0.1) is 20.8 Å². The first-order valence-electron chi connectivity index (χ1n) is 16.3. The fourth-order valence-electron chi connectivity index (χ4n) is 6.17. The first-order valence-corrected chi connectivity index (χ1v) is 19.0. The Labute approximate surface area is 292 Å². The summed E-state index contributed by atoms with van der Waals surface area (Å²) in [7, 11) is -3.02. The van der Waals surface area contributed by atoms with Gasteiger partial charge in [0.1, 0.15) is 11.5 Å². The molecule has 0 aliphatic carbocycles. The Morgan fingerprint density at radius 1 is 0.745 bits per heavy atom. The van der Waals surface area contributed by atoms with E-state index in [0.29, 0.717) is 26.8 Å². The molecule has 4 aromatic rings. The van der Waals surface area contributed by atoms with Crippen molar-refractivity contribution in [2.45, 2.75) is 92.9 Å². The van der Waals surface area contributed by atoms with Gasteiger partial charge in [-0.15, -0.1) is 0 Å². The lowest BCUT2D eigenvalue weighted by Gasteiger charge is -2.32. The van der Waals surface area contributed by atoms with Gasteiger partial charge in [-0.1, -0.05) is 114 Å². The van der Waals surface area contributed by atoms with Crippen LogP contribution in [0.2, 0.25) is 10.0 Å². The zero-order valence-electron chi connectivity index (χ0n) is 29.5. The molecular weight excluding hydrogens is 642 g/mol. The van der Waals surface area contributed by atoms with E-state index < -0.39 is 17.9 Å². The molecule has 0 atom stereocenters. The van der Waals surface area contributed by atoms with Crippen LogP contribution >= 0.6 is 30.3 Å². The Bertz CT molecular complexity index is 1780. The van der Waals surface area contributed by atoms with E-state index in [1.807, 2.05) is 54.7 Å². The van der Waals surface area contributed by atoms with Gasteiger partial charge in [-0.05, 0) is 85.6 Å². The van der Waals surface area contributed by atoms with Gasteiger partial charge < -0.3 is 10.2 Å². The highest BCUT2D eigenvalue weighted by molar-refractivity contribution is 7.81. The smallest absolute Gasteiger partial charge is 0.128 e. The van der Waals surface area contributed by atoms with Crippen molar-refractivity contribution < 1.29 is 10.2 Å². The Kier molecular flexibility index (Phi) is 11.1. The third-order valence-electron chi connectivity index (χ3n) is 8.54. The second-order valence-corrected chi connectivity index (χ2v) is 18.7. The fourth-order valence-corrected chi connectivity index (χ4v) is 10.8. The minimum Gasteiger partial charge on any atom is -0.507 e. The van der Waals surface area contributed by atoms with Gasteiger partial charge in [0.15, 0.2) is 0 Å². The first-order chi connectivity index (χ1) is 21.9. The molecule has 0 unspecified atom stereocenters. The summed E-state index contributed by atoms with van der Waals surface area (Å²) < 4.78 is 5.67. The van der Waals surface area contributed by atoms with Gasteiger partial charge in [-0.25, -0.2) is 0 Å². The summed E-state index contributed by atoms with van der Waals surface area (Å²) in [5.74, 6) is 0.313. The molecule has 0 heterocycles. The molecule has 0 radical (unpaired) electrons. The van der Waals surface area contributed by atoms with E-state index in [0.717, 1.165) is 52.0 Å². The molecule has 0 saturated heterocycles. The van der Waals surface area contributed by atoms with Gasteiger partial charge >= 0.3 is 0 Å². The lowest BCUT2D eigenvalue weighted by atomic mass is 9.86. The van der Waals surface area contributed by atoms with E-state index >= 15 is 0 Å². The average molecular weight is 692 g/mol. The Hall–Kier alpha value is -3.04. The molecular formula is C40H49Cl2N2O2P. The molecule has 0 amide bonds. The van der Waals surface area contributed by atoms with Crippen LogP contribution in [-0.4, -0.2) is 22.6 Å². The van der Waals surface area contributed by atoms with Crippen LogP contribution in [0.3, 0.4) is 0 Å². The van der Waals surface area contributed by atoms with E-state index in [2.05, 4.69) is 81.4 Å². The number of nitrogens with zero attached hydrogens (tertiary/aromatic N) is 2. The van der Waals surface area contributed by atoms with E-state index in [4.69, 9.17) is 32.9 Å². The number of halogens is 2. The van der Waals surface area contributed by atoms with Crippen molar-refractivity contribution in [3.05, 3.63) is 104 Å². The highest BCUT2D eigenvalue weighted by Crippen LogP contribution is 2.57. The Morgan fingerprint density at radius 2 is 1.23 bits per heavy atom. The van der Waals surface area contributed by atoms with Crippen LogP contribution in [0.4, 0.5) is 11.4 Å². The SMILES string of the molecule is CCCCP(=Nc1ccccc1C=Nc1c(C)cc(C)cc1C)(c1cc(Cl)cc(C(C)(C)C)c1O)c1cc(Cl)cc(C(C)(C)C)c1O. The lowest BCUT2D eigenvalue weighted by Crippen LogP contribution is -2.25. The van der Waals surface area contributed by atoms with Gasteiger partial charge in [0.2, 0.25) is 0 Å².